The van der Waals surface area contributed by atoms with E-state index in [4.69, 9.17) is 9.62 Å². The fraction of sp³-hybridized carbons (Fsp3) is 0.818. The first kappa shape index (κ1) is 11.1. The Labute approximate surface area is 98.7 Å². The summed E-state index contributed by atoms with van der Waals surface area (Å²) in [6.45, 7) is -0.0405. The number of hydrogen-bond acceptors (Lipinski definition) is 5. The maximum Gasteiger partial charge on any atom is 0.256 e. The summed E-state index contributed by atoms with van der Waals surface area (Å²) in [7, 11) is 0. The average molecular weight is 241 g/mol. The molecule has 1 heterocycles. The lowest BCUT2D eigenvalue weighted by Crippen LogP contribution is -2.30. The molecule has 94 valence electrons. The molecule has 2 aliphatic carbocycles. The van der Waals surface area contributed by atoms with E-state index in [0.29, 0.717) is 5.06 Å². The summed E-state index contributed by atoms with van der Waals surface area (Å²) in [5.74, 6) is 0.972. The molecule has 1 unspecified atom stereocenters. The van der Waals surface area contributed by atoms with E-state index in [1.54, 1.807) is 0 Å². The van der Waals surface area contributed by atoms with E-state index in [2.05, 4.69) is 4.99 Å². The molecule has 0 aromatic rings. The second-order valence-electron chi connectivity index (χ2n) is 4.91. The predicted molar refractivity (Wildman–Crippen MR) is 53.8 cm³/mol. The summed E-state index contributed by atoms with van der Waals surface area (Å²) in [5.41, 5.74) is 0. The topological polar surface area (TPSA) is 65.1 Å². The predicted octanol–water partition coefficient (Wildman–Crippen LogP) is 0.771. The van der Waals surface area contributed by atoms with Gasteiger partial charge in [-0.25, -0.2) is 0 Å². The van der Waals surface area contributed by atoms with Crippen molar-refractivity contribution in [2.24, 2.45) is 11.8 Å². The largest absolute Gasteiger partial charge is 0.349 e. The number of fused-ring (bicyclic) bond motifs is 1. The van der Waals surface area contributed by atoms with Crippen LogP contribution in [0.4, 0.5) is 0 Å². The third-order valence-electron chi connectivity index (χ3n) is 3.69. The number of carbonyl (C=O) groups is 2. The van der Waals surface area contributed by atoms with Gasteiger partial charge >= 0.3 is 0 Å². The first-order valence-electron chi connectivity index (χ1n) is 6.01. The van der Waals surface area contributed by atoms with Gasteiger partial charge in [0.1, 0.15) is 0 Å². The summed E-state index contributed by atoms with van der Waals surface area (Å²) < 4.78 is 5.44. The average Bonchev–Trinajstić information content (AvgIpc) is 2.79. The van der Waals surface area contributed by atoms with Crippen molar-refractivity contribution in [3.05, 3.63) is 0 Å². The number of amides is 2. The van der Waals surface area contributed by atoms with E-state index < -0.39 is 0 Å². The molecule has 3 atom stereocenters. The molecule has 1 aliphatic heterocycles. The number of hydrogen-bond donors (Lipinski definition) is 0. The maximum absolute atomic E-state index is 11.1. The van der Waals surface area contributed by atoms with Gasteiger partial charge in [0, 0.05) is 12.8 Å². The Balaban J connectivity index is 1.32. The fourth-order valence-electron chi connectivity index (χ4n) is 2.63. The Morgan fingerprint density at radius 2 is 1.71 bits per heavy atom. The quantitative estimate of drug-likeness (QED) is 0.234. The summed E-state index contributed by atoms with van der Waals surface area (Å²) in [6.07, 6.45) is 4.15. The van der Waals surface area contributed by atoms with Gasteiger partial charge in [0.25, 0.3) is 11.8 Å². The molecule has 17 heavy (non-hydrogen) atoms. The van der Waals surface area contributed by atoms with Gasteiger partial charge in [0.15, 0.2) is 6.79 Å². The molecular weight excluding hydrogens is 226 g/mol. The molecule has 0 aromatic carbocycles. The van der Waals surface area contributed by atoms with Crippen LogP contribution in [0.2, 0.25) is 0 Å². The zero-order chi connectivity index (χ0) is 11.8. The third kappa shape index (κ3) is 2.34. The van der Waals surface area contributed by atoms with Crippen molar-refractivity contribution in [2.45, 2.75) is 38.2 Å². The molecule has 0 spiro atoms. The molecule has 2 saturated carbocycles. The first-order valence-corrected chi connectivity index (χ1v) is 6.01. The maximum atomic E-state index is 11.1. The van der Waals surface area contributed by atoms with Crippen molar-refractivity contribution in [1.29, 1.82) is 0 Å². The third-order valence-corrected chi connectivity index (χ3v) is 3.69. The van der Waals surface area contributed by atoms with Gasteiger partial charge in [0.05, 0.1) is 6.10 Å². The lowest BCUT2D eigenvalue weighted by Gasteiger charge is -2.14. The minimum absolute atomic E-state index is 0.0405. The highest BCUT2D eigenvalue weighted by Crippen LogP contribution is 2.52. The van der Waals surface area contributed by atoms with Crippen LogP contribution in [-0.4, -0.2) is 29.8 Å². The van der Waals surface area contributed by atoms with Crippen LogP contribution in [0.1, 0.15) is 32.1 Å². The second-order valence-corrected chi connectivity index (χ2v) is 4.91. The normalized spacial score (nSPS) is 35.5. The standard InChI is InChI=1S/C11H15NO5/c13-10-1-2-11(14)12(10)17-16-6-15-9-4-7-3-8(7)5-9/h7-9H,1-6H2/t7-,8+,9?. The highest BCUT2D eigenvalue weighted by atomic mass is 17.3. The number of rotatable bonds is 5. The van der Waals surface area contributed by atoms with Gasteiger partial charge in [-0.15, -0.1) is 5.06 Å². The van der Waals surface area contributed by atoms with Crippen molar-refractivity contribution >= 4 is 11.8 Å². The van der Waals surface area contributed by atoms with Gasteiger partial charge < -0.3 is 4.74 Å². The molecule has 6 heteroatoms. The molecule has 3 rings (SSSR count). The van der Waals surface area contributed by atoms with Gasteiger partial charge in [-0.05, 0) is 31.1 Å². The molecule has 2 amide bonds. The minimum Gasteiger partial charge on any atom is -0.349 e. The number of nitrogens with zero attached hydrogens (tertiary/aromatic N) is 1. The lowest BCUT2D eigenvalue weighted by molar-refractivity contribution is -0.422. The van der Waals surface area contributed by atoms with Crippen LogP contribution in [0.3, 0.4) is 0 Å². The van der Waals surface area contributed by atoms with Gasteiger partial charge in [-0.1, -0.05) is 4.99 Å². The van der Waals surface area contributed by atoms with E-state index in [9.17, 15) is 9.59 Å². The molecule has 0 N–H and O–H groups in total. The Morgan fingerprint density at radius 3 is 2.35 bits per heavy atom. The van der Waals surface area contributed by atoms with Crippen molar-refractivity contribution in [3.8, 4) is 0 Å². The van der Waals surface area contributed by atoms with Crippen molar-refractivity contribution in [2.75, 3.05) is 6.79 Å². The van der Waals surface area contributed by atoms with E-state index in [1.807, 2.05) is 0 Å². The number of ether oxygens (including phenoxy) is 1. The van der Waals surface area contributed by atoms with Crippen LogP contribution < -0.4 is 0 Å². The molecule has 3 fully saturated rings. The smallest absolute Gasteiger partial charge is 0.256 e. The molecule has 3 aliphatic rings. The SMILES string of the molecule is O=C1CCC(=O)N1OOCOC1C[C@@H]2C[C@@H]2C1. The summed E-state index contributed by atoms with van der Waals surface area (Å²) >= 11 is 0. The van der Waals surface area contributed by atoms with E-state index in [1.165, 1.54) is 6.42 Å². The molecule has 0 bridgehead atoms. The monoisotopic (exact) mass is 241 g/mol. The van der Waals surface area contributed by atoms with Crippen LogP contribution in [0.5, 0.6) is 0 Å². The Bertz CT molecular complexity index is 319. The molecule has 6 nitrogen and oxygen atoms in total. The lowest BCUT2D eigenvalue weighted by atomic mass is 10.2. The van der Waals surface area contributed by atoms with Crippen LogP contribution in [0, 0.1) is 11.8 Å². The van der Waals surface area contributed by atoms with Gasteiger partial charge in [-0.3, -0.25) is 9.59 Å². The van der Waals surface area contributed by atoms with Crippen molar-refractivity contribution in [3.63, 3.8) is 0 Å². The van der Waals surface area contributed by atoms with Crippen LogP contribution >= 0.6 is 0 Å². The molecule has 1 saturated heterocycles. The fourth-order valence-corrected chi connectivity index (χ4v) is 2.63. The highest BCUT2D eigenvalue weighted by molar-refractivity contribution is 6.00. The number of carbonyl (C=O) groups excluding carboxylic acids is 2. The van der Waals surface area contributed by atoms with E-state index in [-0.39, 0.29) is 37.6 Å². The molecular formula is C11H15NO5. The molecule has 0 aromatic heterocycles. The Kier molecular flexibility index (Phi) is 2.85. The van der Waals surface area contributed by atoms with Gasteiger partial charge in [-0.2, -0.15) is 4.89 Å². The van der Waals surface area contributed by atoms with Crippen LogP contribution in [-0.2, 0) is 24.2 Å². The van der Waals surface area contributed by atoms with Crippen LogP contribution in [0.25, 0.3) is 0 Å². The van der Waals surface area contributed by atoms with Crippen LogP contribution in [0.15, 0.2) is 0 Å². The summed E-state index contributed by atoms with van der Waals surface area (Å²) in [4.78, 5) is 31.7. The number of imide groups is 1. The van der Waals surface area contributed by atoms with E-state index >= 15 is 0 Å². The summed E-state index contributed by atoms with van der Waals surface area (Å²) in [6, 6.07) is 0. The Hall–Kier alpha value is -0.980. The van der Waals surface area contributed by atoms with Gasteiger partial charge in [0.2, 0.25) is 0 Å². The van der Waals surface area contributed by atoms with Crippen molar-refractivity contribution < 1.29 is 24.2 Å². The highest BCUT2D eigenvalue weighted by Gasteiger charge is 2.46. The molecule has 0 radical (unpaired) electrons. The van der Waals surface area contributed by atoms with E-state index in [0.717, 1.165) is 24.7 Å². The summed E-state index contributed by atoms with van der Waals surface area (Å²) in [5, 5.41) is 0.662. The number of hydroxylamine groups is 2. The first-order chi connectivity index (χ1) is 8.24. The Morgan fingerprint density at radius 1 is 1.06 bits per heavy atom. The zero-order valence-electron chi connectivity index (χ0n) is 9.46. The second kappa shape index (κ2) is 4.36. The van der Waals surface area contributed by atoms with Crippen molar-refractivity contribution in [1.82, 2.24) is 5.06 Å². The zero-order valence-corrected chi connectivity index (χ0v) is 9.46. The minimum atomic E-state index is -0.364.